The standard InChI is InChI=1S/C14H16N4O.ClH/c15-14(6-7-14)12(19)17-13-16-8-9-18(13)10-11-4-2-1-3-5-11;/h1-5,8-9H,6-7,10,15H2,(H,16,17,19);1H. The van der Waals surface area contributed by atoms with E-state index >= 15 is 0 Å². The largest absolute Gasteiger partial charge is 0.317 e. The van der Waals surface area contributed by atoms with Crippen molar-refractivity contribution in [3.8, 4) is 0 Å². The van der Waals surface area contributed by atoms with Crippen LogP contribution >= 0.6 is 12.4 Å². The van der Waals surface area contributed by atoms with Crippen LogP contribution in [0.2, 0.25) is 0 Å². The molecule has 1 aromatic carbocycles. The highest BCUT2D eigenvalue weighted by molar-refractivity contribution is 5.99. The average molecular weight is 293 g/mol. The first-order chi connectivity index (χ1) is 9.17. The van der Waals surface area contributed by atoms with Gasteiger partial charge < -0.3 is 10.3 Å². The van der Waals surface area contributed by atoms with Crippen molar-refractivity contribution in [3.63, 3.8) is 0 Å². The van der Waals surface area contributed by atoms with Crippen molar-refractivity contribution in [2.75, 3.05) is 5.32 Å². The van der Waals surface area contributed by atoms with E-state index in [4.69, 9.17) is 5.73 Å². The van der Waals surface area contributed by atoms with E-state index in [0.717, 1.165) is 18.4 Å². The number of aromatic nitrogens is 2. The topological polar surface area (TPSA) is 72.9 Å². The molecule has 1 saturated carbocycles. The lowest BCUT2D eigenvalue weighted by atomic mass is 10.2. The molecule has 0 radical (unpaired) electrons. The quantitative estimate of drug-likeness (QED) is 0.902. The predicted molar refractivity (Wildman–Crippen MR) is 79.8 cm³/mol. The second kappa shape index (κ2) is 5.64. The van der Waals surface area contributed by atoms with E-state index in [-0.39, 0.29) is 18.3 Å². The number of nitrogens with one attached hydrogen (secondary N) is 1. The van der Waals surface area contributed by atoms with Gasteiger partial charge in [0.15, 0.2) is 0 Å². The summed E-state index contributed by atoms with van der Waals surface area (Å²) in [7, 11) is 0. The Morgan fingerprint density at radius 1 is 1.35 bits per heavy atom. The van der Waals surface area contributed by atoms with Crippen molar-refractivity contribution >= 4 is 24.3 Å². The Hall–Kier alpha value is -1.85. The van der Waals surface area contributed by atoms with Crippen molar-refractivity contribution in [2.45, 2.75) is 24.9 Å². The van der Waals surface area contributed by atoms with Crippen molar-refractivity contribution in [3.05, 3.63) is 48.3 Å². The molecule has 1 amide bonds. The van der Waals surface area contributed by atoms with E-state index in [9.17, 15) is 4.79 Å². The number of benzene rings is 1. The van der Waals surface area contributed by atoms with Gasteiger partial charge in [0.2, 0.25) is 11.9 Å². The zero-order valence-corrected chi connectivity index (χ0v) is 11.8. The van der Waals surface area contributed by atoms with E-state index in [1.165, 1.54) is 0 Å². The second-order valence-electron chi connectivity index (χ2n) is 4.97. The number of hydrogen-bond acceptors (Lipinski definition) is 3. The molecule has 1 heterocycles. The van der Waals surface area contributed by atoms with Crippen LogP contribution in [-0.4, -0.2) is 21.0 Å². The second-order valence-corrected chi connectivity index (χ2v) is 4.97. The van der Waals surface area contributed by atoms with Crippen LogP contribution in [0.15, 0.2) is 42.7 Å². The number of imidazole rings is 1. The summed E-state index contributed by atoms with van der Waals surface area (Å²) in [6.45, 7) is 0.675. The molecule has 6 heteroatoms. The summed E-state index contributed by atoms with van der Waals surface area (Å²) in [5.74, 6) is 0.401. The fourth-order valence-electron chi connectivity index (χ4n) is 1.93. The molecule has 0 atom stereocenters. The summed E-state index contributed by atoms with van der Waals surface area (Å²) >= 11 is 0. The Morgan fingerprint density at radius 2 is 2.05 bits per heavy atom. The number of amides is 1. The molecule has 3 rings (SSSR count). The van der Waals surface area contributed by atoms with Gasteiger partial charge in [-0.05, 0) is 18.4 Å². The number of halogens is 1. The zero-order valence-electron chi connectivity index (χ0n) is 11.0. The third-order valence-corrected chi connectivity index (χ3v) is 3.38. The smallest absolute Gasteiger partial charge is 0.246 e. The molecule has 106 valence electrons. The Balaban J connectivity index is 0.00000147. The number of nitrogens with zero attached hydrogens (tertiary/aromatic N) is 2. The van der Waals surface area contributed by atoms with Crippen molar-refractivity contribution in [1.82, 2.24) is 9.55 Å². The third kappa shape index (κ3) is 3.00. The van der Waals surface area contributed by atoms with Gasteiger partial charge in [0.1, 0.15) is 0 Å². The fourth-order valence-corrected chi connectivity index (χ4v) is 1.93. The van der Waals surface area contributed by atoms with Crippen LogP contribution in [0.5, 0.6) is 0 Å². The van der Waals surface area contributed by atoms with E-state index in [1.54, 1.807) is 6.20 Å². The lowest BCUT2D eigenvalue weighted by molar-refractivity contribution is -0.118. The molecule has 1 aliphatic carbocycles. The van der Waals surface area contributed by atoms with E-state index < -0.39 is 5.54 Å². The van der Waals surface area contributed by atoms with Gasteiger partial charge in [-0.25, -0.2) is 4.98 Å². The molecule has 0 bridgehead atoms. The van der Waals surface area contributed by atoms with Crippen LogP contribution in [-0.2, 0) is 11.3 Å². The van der Waals surface area contributed by atoms with Crippen LogP contribution in [0, 0.1) is 0 Å². The first-order valence-electron chi connectivity index (χ1n) is 6.33. The molecule has 5 nitrogen and oxygen atoms in total. The van der Waals surface area contributed by atoms with Gasteiger partial charge in [0, 0.05) is 12.4 Å². The number of carbonyl (C=O) groups excluding carboxylic acids is 1. The number of anilines is 1. The van der Waals surface area contributed by atoms with Crippen LogP contribution in [0.1, 0.15) is 18.4 Å². The molecule has 2 aromatic rings. The summed E-state index contributed by atoms with van der Waals surface area (Å²) in [5.41, 5.74) is 6.34. The Labute approximate surface area is 123 Å². The summed E-state index contributed by atoms with van der Waals surface area (Å²) in [5, 5.41) is 2.80. The summed E-state index contributed by atoms with van der Waals surface area (Å²) in [4.78, 5) is 16.1. The van der Waals surface area contributed by atoms with Gasteiger partial charge >= 0.3 is 0 Å². The Bertz CT molecular complexity index is 592. The first-order valence-corrected chi connectivity index (χ1v) is 6.33. The normalized spacial score (nSPS) is 15.2. The molecule has 0 unspecified atom stereocenters. The van der Waals surface area contributed by atoms with E-state index in [0.29, 0.717) is 12.5 Å². The predicted octanol–water partition coefficient (Wildman–Crippen LogP) is 1.78. The summed E-state index contributed by atoms with van der Waals surface area (Å²) in [6.07, 6.45) is 5.02. The molecule has 3 N–H and O–H groups in total. The molecule has 1 aliphatic rings. The van der Waals surface area contributed by atoms with Gasteiger partial charge in [0.05, 0.1) is 12.1 Å². The van der Waals surface area contributed by atoms with Gasteiger partial charge in [-0.1, -0.05) is 30.3 Å². The maximum atomic E-state index is 11.9. The minimum atomic E-state index is -0.677. The third-order valence-electron chi connectivity index (χ3n) is 3.38. The average Bonchev–Trinajstić information content (AvgIpc) is 3.03. The molecule has 0 spiro atoms. The number of rotatable bonds is 4. The number of hydrogen-bond donors (Lipinski definition) is 2. The highest BCUT2D eigenvalue weighted by Crippen LogP contribution is 2.33. The van der Waals surface area contributed by atoms with Crippen molar-refractivity contribution in [1.29, 1.82) is 0 Å². The van der Waals surface area contributed by atoms with Gasteiger partial charge in [-0.2, -0.15) is 0 Å². The molecule has 0 saturated heterocycles. The molecule has 1 aromatic heterocycles. The monoisotopic (exact) mass is 292 g/mol. The minimum absolute atomic E-state index is 0. The zero-order chi connectivity index (χ0) is 13.3. The van der Waals surface area contributed by atoms with Gasteiger partial charge in [0.25, 0.3) is 0 Å². The van der Waals surface area contributed by atoms with Gasteiger partial charge in [-0.3, -0.25) is 10.1 Å². The van der Waals surface area contributed by atoms with E-state index in [2.05, 4.69) is 10.3 Å². The van der Waals surface area contributed by atoms with Crippen LogP contribution in [0.3, 0.4) is 0 Å². The Morgan fingerprint density at radius 3 is 2.70 bits per heavy atom. The maximum absolute atomic E-state index is 11.9. The highest BCUT2D eigenvalue weighted by Gasteiger charge is 2.46. The summed E-state index contributed by atoms with van der Waals surface area (Å²) < 4.78 is 1.90. The van der Waals surface area contributed by atoms with Crippen LogP contribution in [0.4, 0.5) is 5.95 Å². The molecular weight excluding hydrogens is 276 g/mol. The van der Waals surface area contributed by atoms with Crippen LogP contribution in [0.25, 0.3) is 0 Å². The fraction of sp³-hybridized carbons (Fsp3) is 0.286. The van der Waals surface area contributed by atoms with Crippen molar-refractivity contribution < 1.29 is 4.79 Å². The Kier molecular flexibility index (Phi) is 4.11. The minimum Gasteiger partial charge on any atom is -0.317 e. The number of carbonyl (C=O) groups is 1. The molecule has 0 aliphatic heterocycles. The molecular formula is C14H17ClN4O. The molecule has 1 fully saturated rings. The summed E-state index contributed by atoms with van der Waals surface area (Å²) in [6, 6.07) is 10.0. The van der Waals surface area contributed by atoms with E-state index in [1.807, 2.05) is 41.1 Å². The van der Waals surface area contributed by atoms with Gasteiger partial charge in [-0.15, -0.1) is 12.4 Å². The maximum Gasteiger partial charge on any atom is 0.246 e. The lowest BCUT2D eigenvalue weighted by Gasteiger charge is -2.11. The van der Waals surface area contributed by atoms with Crippen molar-refractivity contribution in [2.24, 2.45) is 5.73 Å². The highest BCUT2D eigenvalue weighted by atomic mass is 35.5. The van der Waals surface area contributed by atoms with Crippen LogP contribution < -0.4 is 11.1 Å². The first kappa shape index (κ1) is 14.6. The SMILES string of the molecule is Cl.NC1(C(=O)Nc2nccn2Cc2ccccc2)CC1. The lowest BCUT2D eigenvalue weighted by Crippen LogP contribution is -2.38. The molecule has 20 heavy (non-hydrogen) atoms. The number of nitrogens with two attached hydrogens (primary N) is 1.